The van der Waals surface area contributed by atoms with Gasteiger partial charge >= 0.3 is 0 Å². The van der Waals surface area contributed by atoms with Crippen molar-refractivity contribution in [2.24, 2.45) is 0 Å². The quantitative estimate of drug-likeness (QED) is 0.725. The second-order valence-corrected chi connectivity index (χ2v) is 8.84. The summed E-state index contributed by atoms with van der Waals surface area (Å²) >= 11 is 0. The van der Waals surface area contributed by atoms with Gasteiger partial charge < -0.3 is 9.88 Å². The molecule has 5 rings (SSSR count). The number of aromatic amines is 1. The highest BCUT2D eigenvalue weighted by Gasteiger charge is 2.28. The summed E-state index contributed by atoms with van der Waals surface area (Å²) in [6.45, 7) is 2.83. The van der Waals surface area contributed by atoms with E-state index in [4.69, 9.17) is 0 Å². The van der Waals surface area contributed by atoms with Gasteiger partial charge in [0, 0.05) is 63.1 Å². The minimum Gasteiger partial charge on any atom is -0.378 e. The maximum atomic E-state index is 12.5. The largest absolute Gasteiger partial charge is 0.378 e. The molecule has 1 aliphatic carbocycles. The van der Waals surface area contributed by atoms with Crippen LogP contribution in [0.15, 0.2) is 41.5 Å². The fourth-order valence-electron chi connectivity index (χ4n) is 4.84. The summed E-state index contributed by atoms with van der Waals surface area (Å²) in [4.78, 5) is 24.7. The summed E-state index contributed by atoms with van der Waals surface area (Å²) in [6.07, 6.45) is 8.72. The topological polar surface area (TPSA) is 56.6 Å². The van der Waals surface area contributed by atoms with Crippen molar-refractivity contribution in [1.29, 1.82) is 0 Å². The van der Waals surface area contributed by atoms with Crippen LogP contribution in [0.3, 0.4) is 0 Å². The van der Waals surface area contributed by atoms with Gasteiger partial charge in [0.2, 0.25) is 0 Å². The predicted molar refractivity (Wildman–Crippen MR) is 116 cm³/mol. The molecule has 0 unspecified atom stereocenters. The van der Waals surface area contributed by atoms with Crippen molar-refractivity contribution >= 4 is 11.2 Å². The Morgan fingerprint density at radius 1 is 1.10 bits per heavy atom. The highest BCUT2D eigenvalue weighted by molar-refractivity contribution is 5.47. The standard InChI is InChI=1S/C23H29N5O/c1-26(2)20-9-7-16(8-10-20)18-12-27(13-18)14-19-15-28-21(23(29)25-19)11-24-22(28)17-5-3-4-6-17/h7-11,15,17-18H,3-6,12-14H2,1-2H3,(H,25,29). The first-order valence-electron chi connectivity index (χ1n) is 10.7. The minimum absolute atomic E-state index is 0.0319. The monoisotopic (exact) mass is 391 g/mol. The molecule has 6 heteroatoms. The summed E-state index contributed by atoms with van der Waals surface area (Å²) in [5.74, 6) is 2.13. The fraction of sp³-hybridized carbons (Fsp3) is 0.478. The zero-order chi connectivity index (χ0) is 20.0. The first-order chi connectivity index (χ1) is 14.1. The average Bonchev–Trinajstić information content (AvgIpc) is 3.34. The first-order valence-corrected chi connectivity index (χ1v) is 10.7. The molecule has 2 fully saturated rings. The Labute approximate surface area is 171 Å². The second kappa shape index (κ2) is 7.34. The molecule has 0 amide bonds. The molecule has 0 atom stereocenters. The zero-order valence-electron chi connectivity index (χ0n) is 17.3. The number of nitrogens with zero attached hydrogens (tertiary/aromatic N) is 4. The molecule has 0 spiro atoms. The van der Waals surface area contributed by atoms with Gasteiger partial charge in [-0.3, -0.25) is 14.1 Å². The Morgan fingerprint density at radius 2 is 1.83 bits per heavy atom. The first kappa shape index (κ1) is 18.4. The van der Waals surface area contributed by atoms with Gasteiger partial charge in [0.05, 0.1) is 6.20 Å². The van der Waals surface area contributed by atoms with Crippen LogP contribution >= 0.6 is 0 Å². The van der Waals surface area contributed by atoms with Crippen molar-refractivity contribution in [1.82, 2.24) is 19.3 Å². The van der Waals surface area contributed by atoms with E-state index in [2.05, 4.69) is 64.3 Å². The third-order valence-corrected chi connectivity index (χ3v) is 6.57. The Hall–Kier alpha value is -2.60. The fourth-order valence-corrected chi connectivity index (χ4v) is 4.84. The highest BCUT2D eigenvalue weighted by atomic mass is 16.1. The number of aromatic nitrogens is 3. The Bertz CT molecular complexity index is 1050. The number of anilines is 1. The molecule has 1 saturated carbocycles. The molecule has 2 aliphatic rings. The van der Waals surface area contributed by atoms with Crippen molar-refractivity contribution in [2.75, 3.05) is 32.1 Å². The lowest BCUT2D eigenvalue weighted by Crippen LogP contribution is -2.44. The van der Waals surface area contributed by atoms with E-state index in [-0.39, 0.29) is 5.56 Å². The van der Waals surface area contributed by atoms with Crippen LogP contribution < -0.4 is 10.5 Å². The van der Waals surface area contributed by atoms with Crippen LogP contribution in [0.2, 0.25) is 0 Å². The highest BCUT2D eigenvalue weighted by Crippen LogP contribution is 2.33. The Morgan fingerprint density at radius 3 is 2.52 bits per heavy atom. The SMILES string of the molecule is CN(C)c1ccc(C2CN(Cc3cn4c(C5CCCC5)ncc4c(=O)[nH]3)C2)cc1. The molecule has 1 N–H and O–H groups in total. The van der Waals surface area contributed by atoms with Gasteiger partial charge in [-0.15, -0.1) is 0 Å². The molecule has 3 heterocycles. The number of likely N-dealkylation sites (tertiary alicyclic amines) is 1. The van der Waals surface area contributed by atoms with Crippen molar-refractivity contribution in [3.63, 3.8) is 0 Å². The number of imidazole rings is 1. The number of hydrogen-bond donors (Lipinski definition) is 1. The molecule has 152 valence electrons. The number of benzene rings is 1. The lowest BCUT2D eigenvalue weighted by Gasteiger charge is -2.39. The third-order valence-electron chi connectivity index (χ3n) is 6.57. The molecule has 3 aromatic rings. The Kier molecular flexibility index (Phi) is 4.66. The molecule has 2 aromatic heterocycles. The summed E-state index contributed by atoms with van der Waals surface area (Å²) < 4.78 is 2.04. The van der Waals surface area contributed by atoms with Crippen LogP contribution in [0.5, 0.6) is 0 Å². The molecular formula is C23H29N5O. The maximum absolute atomic E-state index is 12.5. The zero-order valence-corrected chi connectivity index (χ0v) is 17.3. The molecular weight excluding hydrogens is 362 g/mol. The summed E-state index contributed by atoms with van der Waals surface area (Å²) in [5, 5.41) is 0. The van der Waals surface area contributed by atoms with E-state index in [0.717, 1.165) is 31.2 Å². The lowest BCUT2D eigenvalue weighted by atomic mass is 9.91. The second-order valence-electron chi connectivity index (χ2n) is 8.84. The molecule has 1 aliphatic heterocycles. The van der Waals surface area contributed by atoms with E-state index in [1.165, 1.54) is 36.9 Å². The van der Waals surface area contributed by atoms with Crippen molar-refractivity contribution in [3.8, 4) is 0 Å². The van der Waals surface area contributed by atoms with Gasteiger partial charge in [-0.2, -0.15) is 0 Å². The van der Waals surface area contributed by atoms with Crippen LogP contribution in [0, 0.1) is 0 Å². The van der Waals surface area contributed by atoms with Crippen LogP contribution in [0.25, 0.3) is 5.52 Å². The third kappa shape index (κ3) is 3.46. The number of H-pyrrole nitrogens is 1. The molecule has 1 aromatic carbocycles. The van der Waals surface area contributed by atoms with Gasteiger partial charge in [0.15, 0.2) is 0 Å². The Balaban J connectivity index is 1.29. The smallest absolute Gasteiger partial charge is 0.274 e. The lowest BCUT2D eigenvalue weighted by molar-refractivity contribution is 0.137. The molecule has 29 heavy (non-hydrogen) atoms. The van der Waals surface area contributed by atoms with Crippen molar-refractivity contribution in [3.05, 3.63) is 64.1 Å². The van der Waals surface area contributed by atoms with E-state index in [0.29, 0.717) is 17.4 Å². The molecule has 0 bridgehead atoms. The summed E-state index contributed by atoms with van der Waals surface area (Å²) in [7, 11) is 4.13. The van der Waals surface area contributed by atoms with E-state index in [9.17, 15) is 4.79 Å². The summed E-state index contributed by atoms with van der Waals surface area (Å²) in [5.41, 5.74) is 4.23. The van der Waals surface area contributed by atoms with E-state index in [1.807, 2.05) is 4.40 Å². The van der Waals surface area contributed by atoms with Gasteiger partial charge in [0.1, 0.15) is 11.3 Å². The molecule has 1 saturated heterocycles. The normalized spacial score (nSPS) is 18.4. The number of nitrogens with one attached hydrogen (secondary N) is 1. The summed E-state index contributed by atoms with van der Waals surface area (Å²) in [6, 6.07) is 8.86. The number of rotatable bonds is 5. The van der Waals surface area contributed by atoms with Crippen LogP contribution in [-0.2, 0) is 6.54 Å². The number of hydrogen-bond acceptors (Lipinski definition) is 4. The maximum Gasteiger partial charge on any atom is 0.274 e. The predicted octanol–water partition coefficient (Wildman–Crippen LogP) is 3.35. The van der Waals surface area contributed by atoms with Gasteiger partial charge in [-0.25, -0.2) is 4.98 Å². The average molecular weight is 392 g/mol. The van der Waals surface area contributed by atoms with E-state index < -0.39 is 0 Å². The van der Waals surface area contributed by atoms with Gasteiger partial charge in [0.25, 0.3) is 5.56 Å². The van der Waals surface area contributed by atoms with Gasteiger partial charge in [-0.05, 0) is 30.5 Å². The number of fused-ring (bicyclic) bond motifs is 1. The minimum atomic E-state index is -0.0319. The van der Waals surface area contributed by atoms with Crippen LogP contribution in [-0.4, -0.2) is 46.5 Å². The van der Waals surface area contributed by atoms with Crippen molar-refractivity contribution in [2.45, 2.75) is 44.1 Å². The van der Waals surface area contributed by atoms with Crippen molar-refractivity contribution < 1.29 is 0 Å². The van der Waals surface area contributed by atoms with E-state index in [1.54, 1.807) is 6.20 Å². The van der Waals surface area contributed by atoms with Crippen LogP contribution in [0.1, 0.15) is 54.6 Å². The van der Waals surface area contributed by atoms with E-state index >= 15 is 0 Å². The van der Waals surface area contributed by atoms with Gasteiger partial charge in [-0.1, -0.05) is 25.0 Å². The molecule has 6 nitrogen and oxygen atoms in total. The van der Waals surface area contributed by atoms with Crippen LogP contribution in [0.4, 0.5) is 5.69 Å². The molecule has 0 radical (unpaired) electrons.